The van der Waals surface area contributed by atoms with Crippen LogP contribution in [0.15, 0.2) is 36.4 Å². The van der Waals surface area contributed by atoms with E-state index in [0.717, 1.165) is 10.8 Å². The molecule has 0 saturated carbocycles. The Morgan fingerprint density at radius 3 is 2.39 bits per heavy atom. The lowest BCUT2D eigenvalue weighted by Gasteiger charge is -2.09. The maximum absolute atomic E-state index is 9.81. The van der Waals surface area contributed by atoms with Crippen LogP contribution in [0.25, 0.3) is 10.8 Å². The highest BCUT2D eigenvalue weighted by Crippen LogP contribution is 2.31. The van der Waals surface area contributed by atoms with Gasteiger partial charge in [-0.05, 0) is 22.9 Å². The number of fused-ring (bicyclic) bond motifs is 1. The number of rotatable bonds is 6. The molecule has 0 aliphatic carbocycles. The number of phenolic OH excluding ortho intramolecular Hbond substituents is 1. The number of hydrogen-bond donors (Lipinski definition) is 2. The van der Waals surface area contributed by atoms with Gasteiger partial charge in [0.05, 0.1) is 19.8 Å². The molecule has 0 aliphatic heterocycles. The van der Waals surface area contributed by atoms with E-state index in [-0.39, 0.29) is 12.4 Å². The third kappa shape index (κ3) is 3.12. The second-order valence-corrected chi connectivity index (χ2v) is 3.85. The van der Waals surface area contributed by atoms with Crippen LogP contribution in [0.2, 0.25) is 0 Å². The van der Waals surface area contributed by atoms with Crippen molar-refractivity contribution in [2.75, 3.05) is 26.4 Å². The number of hydrogen-bond acceptors (Lipinski definition) is 4. The lowest BCUT2D eigenvalue weighted by atomic mass is 10.1. The fourth-order valence-electron chi connectivity index (χ4n) is 1.70. The minimum Gasteiger partial charge on any atom is -0.504 e. The van der Waals surface area contributed by atoms with Crippen LogP contribution >= 0.6 is 0 Å². The maximum Gasteiger partial charge on any atom is 0.161 e. The first-order chi connectivity index (χ1) is 8.81. The van der Waals surface area contributed by atoms with Crippen molar-refractivity contribution < 1.29 is 19.7 Å². The van der Waals surface area contributed by atoms with Gasteiger partial charge in [-0.3, -0.25) is 0 Å². The number of aliphatic hydroxyl groups excluding tert-OH is 1. The molecule has 0 atom stereocenters. The number of aromatic hydroxyl groups is 1. The highest BCUT2D eigenvalue weighted by Gasteiger charge is 2.04. The van der Waals surface area contributed by atoms with Crippen LogP contribution in [-0.2, 0) is 4.74 Å². The largest absolute Gasteiger partial charge is 0.504 e. The second-order valence-electron chi connectivity index (χ2n) is 3.85. The average molecular weight is 248 g/mol. The summed E-state index contributed by atoms with van der Waals surface area (Å²) in [5, 5.41) is 20.3. The van der Waals surface area contributed by atoms with Crippen molar-refractivity contribution in [1.82, 2.24) is 0 Å². The summed E-state index contributed by atoms with van der Waals surface area (Å²) in [4.78, 5) is 0. The molecule has 0 unspecified atom stereocenters. The summed E-state index contributed by atoms with van der Waals surface area (Å²) >= 11 is 0. The van der Waals surface area contributed by atoms with Crippen molar-refractivity contribution in [2.24, 2.45) is 0 Å². The Morgan fingerprint density at radius 1 is 0.944 bits per heavy atom. The molecule has 0 spiro atoms. The predicted octanol–water partition coefficient (Wildman–Crippen LogP) is 1.93. The van der Waals surface area contributed by atoms with E-state index >= 15 is 0 Å². The van der Waals surface area contributed by atoms with E-state index in [1.807, 2.05) is 24.3 Å². The van der Waals surface area contributed by atoms with Gasteiger partial charge in [0, 0.05) is 0 Å². The van der Waals surface area contributed by atoms with E-state index in [2.05, 4.69) is 0 Å². The van der Waals surface area contributed by atoms with Gasteiger partial charge >= 0.3 is 0 Å². The predicted molar refractivity (Wildman–Crippen MR) is 69.0 cm³/mol. The van der Waals surface area contributed by atoms with E-state index < -0.39 is 0 Å². The minimum absolute atomic E-state index is 0.00121. The Balaban J connectivity index is 2.01. The van der Waals surface area contributed by atoms with Crippen LogP contribution in [0, 0.1) is 0 Å². The average Bonchev–Trinajstić information content (AvgIpc) is 2.39. The molecule has 0 radical (unpaired) electrons. The summed E-state index contributed by atoms with van der Waals surface area (Å²) in [7, 11) is 0. The second kappa shape index (κ2) is 6.23. The van der Waals surface area contributed by atoms with Crippen molar-refractivity contribution in [3.63, 3.8) is 0 Å². The lowest BCUT2D eigenvalue weighted by Crippen LogP contribution is -2.09. The molecule has 0 bridgehead atoms. The molecule has 0 aliphatic rings. The van der Waals surface area contributed by atoms with Gasteiger partial charge in [0.2, 0.25) is 0 Å². The fourth-order valence-corrected chi connectivity index (χ4v) is 1.70. The monoisotopic (exact) mass is 248 g/mol. The Morgan fingerprint density at radius 2 is 1.67 bits per heavy atom. The van der Waals surface area contributed by atoms with Gasteiger partial charge in [0.1, 0.15) is 6.61 Å². The van der Waals surface area contributed by atoms with Crippen molar-refractivity contribution >= 4 is 10.8 Å². The highest BCUT2D eigenvalue weighted by molar-refractivity contribution is 5.85. The molecule has 0 aromatic heterocycles. The van der Waals surface area contributed by atoms with E-state index in [1.165, 1.54) is 0 Å². The number of ether oxygens (including phenoxy) is 2. The first-order valence-corrected chi connectivity index (χ1v) is 5.84. The third-order valence-electron chi connectivity index (χ3n) is 2.55. The molecule has 96 valence electrons. The number of phenols is 1. The molecule has 18 heavy (non-hydrogen) atoms. The molecular weight excluding hydrogens is 232 g/mol. The zero-order chi connectivity index (χ0) is 12.8. The maximum atomic E-state index is 9.81. The Labute approximate surface area is 105 Å². The summed E-state index contributed by atoms with van der Waals surface area (Å²) in [6, 6.07) is 11.2. The third-order valence-corrected chi connectivity index (χ3v) is 2.55. The van der Waals surface area contributed by atoms with E-state index in [0.29, 0.717) is 25.6 Å². The zero-order valence-corrected chi connectivity index (χ0v) is 10.0. The Hall–Kier alpha value is -1.78. The van der Waals surface area contributed by atoms with Gasteiger partial charge < -0.3 is 19.7 Å². The smallest absolute Gasteiger partial charge is 0.161 e. The molecule has 2 aromatic rings. The molecule has 0 heterocycles. The Kier molecular flexibility index (Phi) is 4.39. The van der Waals surface area contributed by atoms with E-state index in [1.54, 1.807) is 12.1 Å². The Bertz CT molecular complexity index is 510. The first-order valence-electron chi connectivity index (χ1n) is 5.84. The van der Waals surface area contributed by atoms with Gasteiger partial charge in [-0.25, -0.2) is 0 Å². The minimum atomic E-state index is 0.00121. The first kappa shape index (κ1) is 12.7. The molecule has 4 heteroatoms. The molecule has 2 N–H and O–H groups in total. The van der Waals surface area contributed by atoms with Crippen molar-refractivity contribution in [3.05, 3.63) is 36.4 Å². The van der Waals surface area contributed by atoms with Gasteiger partial charge in [-0.15, -0.1) is 0 Å². The van der Waals surface area contributed by atoms with Crippen molar-refractivity contribution in [1.29, 1.82) is 0 Å². The number of benzene rings is 2. The zero-order valence-electron chi connectivity index (χ0n) is 10.0. The molecule has 0 saturated heterocycles. The molecule has 0 amide bonds. The molecule has 0 fully saturated rings. The molecule has 2 rings (SSSR count). The van der Waals surface area contributed by atoms with Gasteiger partial charge in [0.25, 0.3) is 0 Å². The van der Waals surface area contributed by atoms with Gasteiger partial charge in [0.15, 0.2) is 11.5 Å². The molecule has 4 nitrogen and oxygen atoms in total. The van der Waals surface area contributed by atoms with E-state index in [4.69, 9.17) is 14.6 Å². The molecule has 2 aromatic carbocycles. The summed E-state index contributed by atoms with van der Waals surface area (Å²) in [5.74, 6) is 0.567. The topological polar surface area (TPSA) is 58.9 Å². The lowest BCUT2D eigenvalue weighted by molar-refractivity contribution is 0.0699. The van der Waals surface area contributed by atoms with Crippen LogP contribution in [0.1, 0.15) is 0 Å². The van der Waals surface area contributed by atoms with E-state index in [9.17, 15) is 5.11 Å². The fraction of sp³-hybridized carbons (Fsp3) is 0.286. The summed E-state index contributed by atoms with van der Waals surface area (Å²) < 4.78 is 10.5. The molecular formula is C14H16O4. The van der Waals surface area contributed by atoms with Gasteiger partial charge in [-0.2, -0.15) is 0 Å². The van der Waals surface area contributed by atoms with Crippen molar-refractivity contribution in [2.45, 2.75) is 0 Å². The normalized spacial score (nSPS) is 10.7. The summed E-state index contributed by atoms with van der Waals surface area (Å²) in [6.07, 6.45) is 0. The standard InChI is InChI=1S/C14H16O4/c15-5-6-17-7-8-18-14-10-12-4-2-1-3-11(12)9-13(14)16/h1-4,9-10,15-16H,5-8H2. The quantitative estimate of drug-likeness (QED) is 0.767. The van der Waals surface area contributed by atoms with Crippen LogP contribution < -0.4 is 4.74 Å². The van der Waals surface area contributed by atoms with Crippen LogP contribution in [0.4, 0.5) is 0 Å². The highest BCUT2D eigenvalue weighted by atomic mass is 16.5. The van der Waals surface area contributed by atoms with Crippen molar-refractivity contribution in [3.8, 4) is 11.5 Å². The van der Waals surface area contributed by atoms with Gasteiger partial charge in [-0.1, -0.05) is 24.3 Å². The van der Waals surface area contributed by atoms with Crippen LogP contribution in [0.3, 0.4) is 0 Å². The number of aliphatic hydroxyl groups is 1. The summed E-state index contributed by atoms with van der Waals surface area (Å²) in [6.45, 7) is 1.02. The van der Waals surface area contributed by atoms with Crippen LogP contribution in [0.5, 0.6) is 11.5 Å². The SMILES string of the molecule is OCCOCCOc1cc2ccccc2cc1O. The summed E-state index contributed by atoms with van der Waals surface area (Å²) in [5.41, 5.74) is 0. The van der Waals surface area contributed by atoms with Crippen LogP contribution in [-0.4, -0.2) is 36.6 Å².